The fraction of sp³-hybridized carbons (Fsp3) is 0.667. The summed E-state index contributed by atoms with van der Waals surface area (Å²) in [6.45, 7) is 1.70. The molecule has 1 aliphatic heterocycles. The average Bonchev–Trinajstić information content (AvgIpc) is 2.64. The molecule has 1 atom stereocenters. The van der Waals surface area contributed by atoms with Gasteiger partial charge in [0.25, 0.3) is 0 Å². The number of carbonyl (C=O) groups excluding carboxylic acids is 1. The molecule has 1 saturated heterocycles. The molecule has 3 heteroatoms. The lowest BCUT2D eigenvalue weighted by Gasteiger charge is -2.28. The molecule has 0 radical (unpaired) electrons. The van der Waals surface area contributed by atoms with Crippen molar-refractivity contribution in [3.63, 3.8) is 0 Å². The first-order valence-electron chi connectivity index (χ1n) is 7.09. The van der Waals surface area contributed by atoms with Crippen molar-refractivity contribution in [3.05, 3.63) is 24.0 Å². The Morgan fingerprint density at radius 3 is 3.00 bits per heavy atom. The van der Waals surface area contributed by atoms with E-state index in [0.717, 1.165) is 19.3 Å². The predicted molar refractivity (Wildman–Crippen MR) is 73.6 cm³/mol. The van der Waals surface area contributed by atoms with Gasteiger partial charge in [-0.15, -0.1) is 0 Å². The van der Waals surface area contributed by atoms with Crippen LogP contribution in [0.1, 0.15) is 37.8 Å². The molecule has 0 amide bonds. The van der Waals surface area contributed by atoms with Crippen LogP contribution in [0.2, 0.25) is 0 Å². The van der Waals surface area contributed by atoms with Gasteiger partial charge in [0.05, 0.1) is 6.54 Å². The maximum Gasteiger partial charge on any atom is 0.133 e. The lowest BCUT2D eigenvalue weighted by atomic mass is 10.0. The van der Waals surface area contributed by atoms with E-state index in [0.29, 0.717) is 12.6 Å². The van der Waals surface area contributed by atoms with Gasteiger partial charge < -0.3 is 9.36 Å². The van der Waals surface area contributed by atoms with Crippen molar-refractivity contribution < 1.29 is 4.79 Å². The molecule has 3 nitrogen and oxygen atoms in total. The molecule has 0 N–H and O–H groups in total. The second-order valence-electron chi connectivity index (χ2n) is 5.31. The van der Waals surface area contributed by atoms with E-state index < -0.39 is 0 Å². The zero-order valence-electron chi connectivity index (χ0n) is 11.3. The van der Waals surface area contributed by atoms with Crippen molar-refractivity contribution in [2.75, 3.05) is 13.1 Å². The van der Waals surface area contributed by atoms with Crippen LogP contribution in [0.25, 0.3) is 0 Å². The molecule has 1 fully saturated rings. The van der Waals surface area contributed by atoms with E-state index in [1.165, 1.54) is 37.8 Å². The minimum absolute atomic E-state index is 0.590. The van der Waals surface area contributed by atoms with Crippen LogP contribution in [0.4, 0.5) is 0 Å². The van der Waals surface area contributed by atoms with E-state index in [1.807, 2.05) is 0 Å². The highest BCUT2D eigenvalue weighted by atomic mass is 16.1. The number of aldehydes is 1. The molecule has 0 saturated carbocycles. The molecule has 0 aliphatic carbocycles. The SMILES string of the molecule is Cn1cccc1CCC1CCCCCN1CC=O. The minimum atomic E-state index is 0.590. The first kappa shape index (κ1) is 13.3. The van der Waals surface area contributed by atoms with Crippen molar-refractivity contribution in [1.29, 1.82) is 0 Å². The lowest BCUT2D eigenvalue weighted by Crippen LogP contribution is -2.36. The van der Waals surface area contributed by atoms with E-state index >= 15 is 0 Å². The molecule has 1 aromatic heterocycles. The van der Waals surface area contributed by atoms with E-state index in [4.69, 9.17) is 0 Å². The summed E-state index contributed by atoms with van der Waals surface area (Å²) in [5.74, 6) is 0. The van der Waals surface area contributed by atoms with Gasteiger partial charge in [-0.05, 0) is 44.4 Å². The third kappa shape index (κ3) is 3.45. The summed E-state index contributed by atoms with van der Waals surface area (Å²) in [6, 6.07) is 4.89. The predicted octanol–water partition coefficient (Wildman–Crippen LogP) is 2.40. The quantitative estimate of drug-likeness (QED) is 0.748. The standard InChI is InChI=1S/C15H24N2O/c1-16-10-5-7-14(16)8-9-15-6-3-2-4-11-17(15)12-13-18/h5,7,10,13,15H,2-4,6,8-9,11-12H2,1H3. The average molecular weight is 248 g/mol. The highest BCUT2D eigenvalue weighted by Crippen LogP contribution is 2.20. The summed E-state index contributed by atoms with van der Waals surface area (Å²) in [5.41, 5.74) is 1.39. The normalized spacial score (nSPS) is 21.7. The van der Waals surface area contributed by atoms with Crippen molar-refractivity contribution in [3.8, 4) is 0 Å². The van der Waals surface area contributed by atoms with Gasteiger partial charge in [0.1, 0.15) is 6.29 Å². The second-order valence-corrected chi connectivity index (χ2v) is 5.31. The minimum Gasteiger partial charge on any atom is -0.354 e. The molecule has 0 aromatic carbocycles. The van der Waals surface area contributed by atoms with Gasteiger partial charge in [-0.25, -0.2) is 0 Å². The van der Waals surface area contributed by atoms with Crippen molar-refractivity contribution in [2.24, 2.45) is 7.05 Å². The van der Waals surface area contributed by atoms with Gasteiger partial charge in [-0.3, -0.25) is 4.90 Å². The molecule has 0 bridgehead atoms. The Balaban J connectivity index is 1.91. The fourth-order valence-electron chi connectivity index (χ4n) is 2.97. The summed E-state index contributed by atoms with van der Waals surface area (Å²) < 4.78 is 2.20. The molecule has 1 aliphatic rings. The van der Waals surface area contributed by atoms with Gasteiger partial charge in [0, 0.05) is 25.0 Å². The number of nitrogens with zero attached hydrogens (tertiary/aromatic N) is 2. The van der Waals surface area contributed by atoms with Gasteiger partial charge in [0.15, 0.2) is 0 Å². The summed E-state index contributed by atoms with van der Waals surface area (Å²) in [7, 11) is 2.10. The zero-order valence-corrected chi connectivity index (χ0v) is 11.3. The zero-order chi connectivity index (χ0) is 12.8. The van der Waals surface area contributed by atoms with Crippen molar-refractivity contribution in [1.82, 2.24) is 9.47 Å². The highest BCUT2D eigenvalue weighted by Gasteiger charge is 2.20. The molecule has 18 heavy (non-hydrogen) atoms. The van der Waals surface area contributed by atoms with Crippen LogP contribution >= 0.6 is 0 Å². The molecule has 2 rings (SSSR count). The molecule has 2 heterocycles. The molecule has 100 valence electrons. The maximum atomic E-state index is 10.8. The topological polar surface area (TPSA) is 25.2 Å². The Morgan fingerprint density at radius 2 is 2.28 bits per heavy atom. The van der Waals surface area contributed by atoms with Gasteiger partial charge in [0.2, 0.25) is 0 Å². The van der Waals surface area contributed by atoms with E-state index in [-0.39, 0.29) is 0 Å². The molecular formula is C15H24N2O. The van der Waals surface area contributed by atoms with Crippen LogP contribution in [0, 0.1) is 0 Å². The Labute approximate surface area is 110 Å². The first-order valence-corrected chi connectivity index (χ1v) is 7.09. The molecule has 1 unspecified atom stereocenters. The van der Waals surface area contributed by atoms with Crippen LogP contribution in [0.15, 0.2) is 18.3 Å². The Hall–Kier alpha value is -1.09. The highest BCUT2D eigenvalue weighted by molar-refractivity contribution is 5.52. The number of aromatic nitrogens is 1. The van der Waals surface area contributed by atoms with Gasteiger partial charge in [-0.2, -0.15) is 0 Å². The number of rotatable bonds is 5. The summed E-state index contributed by atoms with van der Waals surface area (Å²) in [4.78, 5) is 13.2. The molecule has 1 aromatic rings. The van der Waals surface area contributed by atoms with E-state index in [9.17, 15) is 4.79 Å². The third-order valence-electron chi connectivity index (χ3n) is 4.09. The number of hydrogen-bond acceptors (Lipinski definition) is 2. The Morgan fingerprint density at radius 1 is 1.39 bits per heavy atom. The summed E-state index contributed by atoms with van der Waals surface area (Å²) in [5, 5.41) is 0. The lowest BCUT2D eigenvalue weighted by molar-refractivity contribution is -0.109. The van der Waals surface area contributed by atoms with Crippen molar-refractivity contribution >= 4 is 6.29 Å². The number of aryl methyl sites for hydroxylation is 2. The number of carbonyl (C=O) groups is 1. The smallest absolute Gasteiger partial charge is 0.133 e. The van der Waals surface area contributed by atoms with Crippen LogP contribution < -0.4 is 0 Å². The fourth-order valence-corrected chi connectivity index (χ4v) is 2.97. The molecular weight excluding hydrogens is 224 g/mol. The van der Waals surface area contributed by atoms with Crippen LogP contribution in [0.3, 0.4) is 0 Å². The largest absolute Gasteiger partial charge is 0.354 e. The van der Waals surface area contributed by atoms with Crippen LogP contribution in [0.5, 0.6) is 0 Å². The van der Waals surface area contributed by atoms with Crippen LogP contribution in [-0.4, -0.2) is 34.9 Å². The summed E-state index contributed by atoms with van der Waals surface area (Å²) >= 11 is 0. The molecule has 0 spiro atoms. The monoisotopic (exact) mass is 248 g/mol. The van der Waals surface area contributed by atoms with E-state index in [1.54, 1.807) is 0 Å². The van der Waals surface area contributed by atoms with Gasteiger partial charge in [-0.1, -0.05) is 12.8 Å². The third-order valence-corrected chi connectivity index (χ3v) is 4.09. The second kappa shape index (κ2) is 6.74. The number of likely N-dealkylation sites (tertiary alicyclic amines) is 1. The Bertz CT molecular complexity index is 372. The van der Waals surface area contributed by atoms with Crippen molar-refractivity contribution in [2.45, 2.75) is 44.6 Å². The van der Waals surface area contributed by atoms with Crippen LogP contribution in [-0.2, 0) is 18.3 Å². The first-order chi connectivity index (χ1) is 8.81. The maximum absolute atomic E-state index is 10.8. The van der Waals surface area contributed by atoms with E-state index in [2.05, 4.69) is 34.8 Å². The Kier molecular flexibility index (Phi) is 5.00. The number of hydrogen-bond donors (Lipinski definition) is 0. The summed E-state index contributed by atoms with van der Waals surface area (Å²) in [6.07, 6.45) is 10.6. The van der Waals surface area contributed by atoms with Gasteiger partial charge >= 0.3 is 0 Å².